The van der Waals surface area contributed by atoms with Crippen LogP contribution in [0.25, 0.3) is 0 Å². The molecule has 1 heterocycles. The van der Waals surface area contributed by atoms with Crippen molar-refractivity contribution in [3.05, 3.63) is 41.7 Å². The number of aryl methyl sites for hydroxylation is 1. The van der Waals surface area contributed by atoms with Crippen molar-refractivity contribution >= 4 is 17.2 Å². The highest BCUT2D eigenvalue weighted by Crippen LogP contribution is 2.17. The van der Waals surface area contributed by atoms with E-state index in [4.69, 9.17) is 22.7 Å². The van der Waals surface area contributed by atoms with Crippen LogP contribution in [0.2, 0.25) is 0 Å². The minimum atomic E-state index is -0.498. The summed E-state index contributed by atoms with van der Waals surface area (Å²) in [4.78, 5) is 4.09. The summed E-state index contributed by atoms with van der Waals surface area (Å²) in [6.07, 6.45) is 1.46. The van der Waals surface area contributed by atoms with Gasteiger partial charge in [0.25, 0.3) is 0 Å². The van der Waals surface area contributed by atoms with Gasteiger partial charge in [-0.1, -0.05) is 12.2 Å². The van der Waals surface area contributed by atoms with E-state index in [1.165, 1.54) is 18.5 Å². The highest BCUT2D eigenvalue weighted by atomic mass is 32.1. The van der Waals surface area contributed by atoms with Crippen LogP contribution >= 0.6 is 12.2 Å². The van der Waals surface area contributed by atoms with Crippen molar-refractivity contribution in [1.82, 2.24) is 14.8 Å². The smallest absolute Gasteiger partial charge is 0.164 e. The van der Waals surface area contributed by atoms with Crippen molar-refractivity contribution in [1.29, 1.82) is 0 Å². The van der Waals surface area contributed by atoms with Gasteiger partial charge in [-0.3, -0.25) is 0 Å². The molecule has 0 aliphatic rings. The summed E-state index contributed by atoms with van der Waals surface area (Å²) >= 11 is 4.73. The van der Waals surface area contributed by atoms with Crippen LogP contribution in [0.3, 0.4) is 0 Å². The van der Waals surface area contributed by atoms with Crippen LogP contribution in [0.4, 0.5) is 4.39 Å². The molecule has 0 fully saturated rings. The Kier molecular flexibility index (Phi) is 4.06. The molecule has 0 saturated carbocycles. The number of hydrogen-bond acceptors (Lipinski definition) is 4. The topological polar surface area (TPSA) is 66.0 Å². The monoisotopic (exact) mass is 280 g/mol. The molecule has 1 aromatic carbocycles. The van der Waals surface area contributed by atoms with E-state index in [1.807, 2.05) is 6.92 Å². The molecule has 0 unspecified atom stereocenters. The van der Waals surface area contributed by atoms with Gasteiger partial charge in [-0.2, -0.15) is 5.10 Å². The second kappa shape index (κ2) is 5.75. The molecule has 0 spiro atoms. The zero-order valence-corrected chi connectivity index (χ0v) is 11.2. The molecule has 5 nitrogen and oxygen atoms in total. The van der Waals surface area contributed by atoms with E-state index in [-0.39, 0.29) is 17.2 Å². The van der Waals surface area contributed by atoms with E-state index in [9.17, 15) is 4.39 Å². The van der Waals surface area contributed by atoms with Gasteiger partial charge in [-0.05, 0) is 19.1 Å². The molecular formula is C12H13FN4OS. The fourth-order valence-electron chi connectivity index (χ4n) is 1.60. The lowest BCUT2D eigenvalue weighted by molar-refractivity contribution is 0.286. The first-order chi connectivity index (χ1) is 9.11. The van der Waals surface area contributed by atoms with E-state index in [1.54, 1.807) is 10.7 Å². The molecule has 2 N–H and O–H groups in total. The molecule has 1 aromatic heterocycles. The van der Waals surface area contributed by atoms with Crippen molar-refractivity contribution in [3.63, 3.8) is 0 Å². The van der Waals surface area contributed by atoms with Crippen molar-refractivity contribution in [3.8, 4) is 5.75 Å². The second-order valence-corrected chi connectivity index (χ2v) is 4.23. The number of nitrogens with two attached hydrogens (primary N) is 1. The van der Waals surface area contributed by atoms with Crippen LogP contribution in [0.1, 0.15) is 18.3 Å². The number of aromatic nitrogens is 3. The Morgan fingerprint density at radius 2 is 2.32 bits per heavy atom. The summed E-state index contributed by atoms with van der Waals surface area (Å²) in [5, 5.41) is 4.02. The molecule has 0 aliphatic heterocycles. The van der Waals surface area contributed by atoms with Gasteiger partial charge >= 0.3 is 0 Å². The molecule has 2 aromatic rings. The minimum Gasteiger partial charge on any atom is -0.486 e. The van der Waals surface area contributed by atoms with E-state index in [2.05, 4.69) is 10.1 Å². The first kappa shape index (κ1) is 13.4. The average Bonchev–Trinajstić information content (AvgIpc) is 2.83. The molecule has 2 rings (SSSR count). The number of ether oxygens (including phenoxy) is 1. The lowest BCUT2D eigenvalue weighted by Gasteiger charge is -2.08. The summed E-state index contributed by atoms with van der Waals surface area (Å²) in [6, 6.07) is 4.36. The van der Waals surface area contributed by atoms with E-state index < -0.39 is 5.82 Å². The third kappa shape index (κ3) is 3.05. The summed E-state index contributed by atoms with van der Waals surface area (Å²) in [5.74, 6) is 0.575. The third-order valence-corrected chi connectivity index (χ3v) is 2.79. The third-order valence-electron chi connectivity index (χ3n) is 2.57. The zero-order chi connectivity index (χ0) is 13.8. The lowest BCUT2D eigenvalue weighted by Crippen LogP contribution is -2.12. The first-order valence-corrected chi connectivity index (χ1v) is 6.11. The van der Waals surface area contributed by atoms with Gasteiger partial charge in [0.1, 0.15) is 29.5 Å². The quantitative estimate of drug-likeness (QED) is 0.844. The largest absolute Gasteiger partial charge is 0.486 e. The highest BCUT2D eigenvalue weighted by molar-refractivity contribution is 7.80. The van der Waals surface area contributed by atoms with Crippen LogP contribution in [0, 0.1) is 5.82 Å². The Balaban J connectivity index is 2.08. The molecule has 0 bridgehead atoms. The second-order valence-electron chi connectivity index (χ2n) is 3.79. The normalized spacial score (nSPS) is 10.4. The molecule has 0 saturated heterocycles. The van der Waals surface area contributed by atoms with Gasteiger partial charge in [0.05, 0.1) is 0 Å². The maximum Gasteiger partial charge on any atom is 0.164 e. The number of benzene rings is 1. The molecule has 19 heavy (non-hydrogen) atoms. The fraction of sp³-hybridized carbons (Fsp3) is 0.250. The SMILES string of the molecule is CCn1ncnc1COc1ccc(C(N)=S)c(F)c1. The van der Waals surface area contributed by atoms with Crippen molar-refractivity contribution in [2.45, 2.75) is 20.1 Å². The van der Waals surface area contributed by atoms with Gasteiger partial charge in [-0.15, -0.1) is 0 Å². The van der Waals surface area contributed by atoms with Crippen LogP contribution in [0.15, 0.2) is 24.5 Å². The number of hydrogen-bond donors (Lipinski definition) is 1. The van der Waals surface area contributed by atoms with Crippen molar-refractivity contribution in [2.24, 2.45) is 5.73 Å². The summed E-state index contributed by atoms with van der Waals surface area (Å²) in [6.45, 7) is 2.88. The van der Waals surface area contributed by atoms with E-state index in [0.29, 0.717) is 18.1 Å². The Hall–Kier alpha value is -2.02. The van der Waals surface area contributed by atoms with Crippen molar-refractivity contribution in [2.75, 3.05) is 0 Å². The van der Waals surface area contributed by atoms with Crippen molar-refractivity contribution < 1.29 is 9.13 Å². The van der Waals surface area contributed by atoms with Gasteiger partial charge in [0, 0.05) is 18.2 Å². The number of rotatable bonds is 5. The summed E-state index contributed by atoms with van der Waals surface area (Å²) < 4.78 is 20.8. The molecule has 0 atom stereocenters. The highest BCUT2D eigenvalue weighted by Gasteiger charge is 2.08. The summed E-state index contributed by atoms with van der Waals surface area (Å²) in [5.41, 5.74) is 5.59. The molecule has 0 aliphatic carbocycles. The average molecular weight is 280 g/mol. The summed E-state index contributed by atoms with van der Waals surface area (Å²) in [7, 11) is 0. The predicted molar refractivity (Wildman–Crippen MR) is 72.3 cm³/mol. The number of halogens is 1. The van der Waals surface area contributed by atoms with E-state index in [0.717, 1.165) is 0 Å². The maximum atomic E-state index is 13.6. The molecule has 0 radical (unpaired) electrons. The maximum absolute atomic E-state index is 13.6. The fourth-order valence-corrected chi connectivity index (χ4v) is 1.76. The van der Waals surface area contributed by atoms with Gasteiger partial charge in [-0.25, -0.2) is 14.1 Å². The minimum absolute atomic E-state index is 0.0229. The Labute approximate surface area is 115 Å². The Morgan fingerprint density at radius 3 is 2.95 bits per heavy atom. The van der Waals surface area contributed by atoms with Crippen LogP contribution in [0.5, 0.6) is 5.75 Å². The molecule has 100 valence electrons. The van der Waals surface area contributed by atoms with Gasteiger partial charge in [0.15, 0.2) is 5.82 Å². The number of thiocarbonyl (C=S) groups is 1. The van der Waals surface area contributed by atoms with E-state index >= 15 is 0 Å². The molecule has 7 heteroatoms. The van der Waals surface area contributed by atoms with Gasteiger partial charge in [0.2, 0.25) is 0 Å². The standard InChI is InChI=1S/C12H13FN4OS/c1-2-17-11(15-7-16-17)6-18-8-3-4-9(12(14)19)10(13)5-8/h3-5,7H,2,6H2,1H3,(H2,14,19). The molecule has 0 amide bonds. The number of nitrogens with zero attached hydrogens (tertiary/aromatic N) is 3. The Bertz CT molecular complexity index is 599. The molecular weight excluding hydrogens is 267 g/mol. The lowest BCUT2D eigenvalue weighted by atomic mass is 10.2. The zero-order valence-electron chi connectivity index (χ0n) is 10.3. The Morgan fingerprint density at radius 1 is 1.53 bits per heavy atom. The van der Waals surface area contributed by atoms with Crippen LogP contribution in [-0.4, -0.2) is 19.8 Å². The van der Waals surface area contributed by atoms with Crippen LogP contribution < -0.4 is 10.5 Å². The van der Waals surface area contributed by atoms with Crippen LogP contribution in [-0.2, 0) is 13.2 Å². The predicted octanol–water partition coefficient (Wildman–Crippen LogP) is 1.65. The first-order valence-electron chi connectivity index (χ1n) is 5.70. The van der Waals surface area contributed by atoms with Gasteiger partial charge < -0.3 is 10.5 Å².